The molecule has 0 amide bonds. The molecule has 2 nitrogen and oxygen atoms in total. The lowest BCUT2D eigenvalue weighted by Gasteiger charge is -2.06. The van der Waals surface area contributed by atoms with Gasteiger partial charge >= 0.3 is 0 Å². The molecular weight excluding hydrogens is 190 g/mol. The van der Waals surface area contributed by atoms with Gasteiger partial charge < -0.3 is 9.47 Å². The normalized spacial score (nSPS) is 10.3. The Morgan fingerprint density at radius 2 is 1.86 bits per heavy atom. The van der Waals surface area contributed by atoms with Crippen LogP contribution in [0.4, 0.5) is 8.78 Å². The summed E-state index contributed by atoms with van der Waals surface area (Å²) < 4.78 is 35.8. The maximum Gasteiger partial charge on any atom is 0.200 e. The second-order valence-corrected chi connectivity index (χ2v) is 2.80. The predicted molar refractivity (Wildman–Crippen MR) is 48.5 cm³/mol. The highest BCUT2D eigenvalue weighted by molar-refractivity contribution is 5.31. The fourth-order valence-corrected chi connectivity index (χ4v) is 1.13. The van der Waals surface area contributed by atoms with Crippen LogP contribution in [0.1, 0.15) is 5.56 Å². The summed E-state index contributed by atoms with van der Waals surface area (Å²) in [5.74, 6) is -1.88. The molecule has 1 rings (SSSR count). The van der Waals surface area contributed by atoms with Gasteiger partial charge in [-0.1, -0.05) is 6.07 Å². The zero-order valence-corrected chi connectivity index (χ0v) is 8.14. The molecule has 0 heterocycles. The van der Waals surface area contributed by atoms with Crippen molar-refractivity contribution in [2.45, 2.75) is 6.42 Å². The number of ether oxygens (including phenoxy) is 2. The van der Waals surface area contributed by atoms with Gasteiger partial charge in [0.05, 0.1) is 13.7 Å². The molecule has 1 aromatic rings. The first-order valence-corrected chi connectivity index (χ1v) is 4.20. The molecule has 4 heteroatoms. The molecule has 0 aliphatic carbocycles. The van der Waals surface area contributed by atoms with Crippen molar-refractivity contribution in [3.05, 3.63) is 29.3 Å². The topological polar surface area (TPSA) is 18.5 Å². The number of hydrogen-bond donors (Lipinski definition) is 0. The molecule has 0 saturated carbocycles. The summed E-state index contributed by atoms with van der Waals surface area (Å²) in [4.78, 5) is 0. The minimum Gasteiger partial charge on any atom is -0.494 e. The lowest BCUT2D eigenvalue weighted by Crippen LogP contribution is -2.01. The molecule has 0 radical (unpaired) electrons. The van der Waals surface area contributed by atoms with Crippen LogP contribution in [-0.4, -0.2) is 20.8 Å². The minimum absolute atomic E-state index is 0.0799. The molecule has 1 aromatic carbocycles. The average molecular weight is 202 g/mol. The Hall–Kier alpha value is -1.16. The average Bonchev–Trinajstić information content (AvgIpc) is 2.20. The zero-order valence-electron chi connectivity index (χ0n) is 8.14. The van der Waals surface area contributed by atoms with Crippen LogP contribution in [0.5, 0.6) is 5.75 Å². The van der Waals surface area contributed by atoms with Gasteiger partial charge in [0.15, 0.2) is 11.6 Å². The van der Waals surface area contributed by atoms with Gasteiger partial charge in [0.1, 0.15) is 0 Å². The van der Waals surface area contributed by atoms with E-state index in [2.05, 4.69) is 4.74 Å². The van der Waals surface area contributed by atoms with Crippen LogP contribution in [0, 0.1) is 11.6 Å². The van der Waals surface area contributed by atoms with Crippen LogP contribution in [0.15, 0.2) is 12.1 Å². The fraction of sp³-hybridized carbons (Fsp3) is 0.400. The number of halogens is 2. The Balaban J connectivity index is 2.92. The summed E-state index contributed by atoms with van der Waals surface area (Å²) in [5, 5.41) is 0. The third kappa shape index (κ3) is 2.20. The van der Waals surface area contributed by atoms with Crippen LogP contribution < -0.4 is 4.74 Å². The third-order valence-corrected chi connectivity index (χ3v) is 1.92. The zero-order chi connectivity index (χ0) is 10.6. The summed E-state index contributed by atoms with van der Waals surface area (Å²) in [6.45, 7) is 0.364. The fourth-order valence-electron chi connectivity index (χ4n) is 1.13. The van der Waals surface area contributed by atoms with Crippen LogP contribution in [0.25, 0.3) is 0 Å². The van der Waals surface area contributed by atoms with Gasteiger partial charge in [0.25, 0.3) is 0 Å². The van der Waals surface area contributed by atoms with E-state index >= 15 is 0 Å². The Labute approximate surface area is 81.4 Å². The van der Waals surface area contributed by atoms with Gasteiger partial charge in [0, 0.05) is 7.11 Å². The summed E-state index contributed by atoms with van der Waals surface area (Å²) in [6.07, 6.45) is 0.350. The second-order valence-electron chi connectivity index (χ2n) is 2.80. The van der Waals surface area contributed by atoms with Crippen LogP contribution >= 0.6 is 0 Å². The highest BCUT2D eigenvalue weighted by Crippen LogP contribution is 2.22. The molecule has 0 saturated heterocycles. The van der Waals surface area contributed by atoms with Crippen molar-refractivity contribution in [3.8, 4) is 5.75 Å². The highest BCUT2D eigenvalue weighted by atomic mass is 19.2. The van der Waals surface area contributed by atoms with Crippen molar-refractivity contribution < 1.29 is 18.3 Å². The summed E-state index contributed by atoms with van der Waals surface area (Å²) in [7, 11) is 2.81. The molecule has 0 unspecified atom stereocenters. The minimum atomic E-state index is -0.943. The molecule has 0 bridgehead atoms. The van der Waals surface area contributed by atoms with Gasteiger partial charge in [0.2, 0.25) is 5.82 Å². The molecule has 0 spiro atoms. The van der Waals surface area contributed by atoms with E-state index in [0.29, 0.717) is 18.6 Å². The lowest BCUT2D eigenvalue weighted by molar-refractivity contribution is 0.201. The number of rotatable bonds is 4. The molecule has 0 aliphatic heterocycles. The Kier molecular flexibility index (Phi) is 3.83. The van der Waals surface area contributed by atoms with Crippen molar-refractivity contribution in [1.29, 1.82) is 0 Å². The molecular formula is C10H12F2O2. The van der Waals surface area contributed by atoms with E-state index in [4.69, 9.17) is 4.74 Å². The van der Waals surface area contributed by atoms with Crippen molar-refractivity contribution in [2.75, 3.05) is 20.8 Å². The Morgan fingerprint density at radius 3 is 2.43 bits per heavy atom. The van der Waals surface area contributed by atoms with Crippen molar-refractivity contribution in [3.63, 3.8) is 0 Å². The van der Waals surface area contributed by atoms with E-state index in [1.807, 2.05) is 0 Å². The molecule has 14 heavy (non-hydrogen) atoms. The lowest BCUT2D eigenvalue weighted by atomic mass is 10.1. The molecule has 0 aliphatic rings. The van der Waals surface area contributed by atoms with Crippen molar-refractivity contribution >= 4 is 0 Å². The van der Waals surface area contributed by atoms with E-state index in [1.165, 1.54) is 26.4 Å². The van der Waals surface area contributed by atoms with E-state index < -0.39 is 11.6 Å². The Bertz CT molecular complexity index is 313. The van der Waals surface area contributed by atoms with Crippen LogP contribution in [0.2, 0.25) is 0 Å². The largest absolute Gasteiger partial charge is 0.494 e. The van der Waals surface area contributed by atoms with Crippen molar-refractivity contribution in [2.24, 2.45) is 0 Å². The summed E-state index contributed by atoms with van der Waals surface area (Å²) in [5.41, 5.74) is 0.296. The molecule has 78 valence electrons. The standard InChI is InChI=1S/C10H12F2O2/c1-13-6-5-7-3-4-8(14-2)10(12)9(7)11/h3-4H,5-6H2,1-2H3. The quantitative estimate of drug-likeness (QED) is 0.744. The monoisotopic (exact) mass is 202 g/mol. The molecule has 0 atom stereocenters. The first kappa shape index (κ1) is 10.9. The second kappa shape index (κ2) is 4.91. The maximum absolute atomic E-state index is 13.3. The van der Waals surface area contributed by atoms with Crippen LogP contribution in [0.3, 0.4) is 0 Å². The number of methoxy groups -OCH3 is 2. The third-order valence-electron chi connectivity index (χ3n) is 1.92. The van der Waals surface area contributed by atoms with Gasteiger partial charge in [-0.25, -0.2) is 4.39 Å². The SMILES string of the molecule is COCCc1ccc(OC)c(F)c1F. The van der Waals surface area contributed by atoms with Gasteiger partial charge in [-0.15, -0.1) is 0 Å². The Morgan fingerprint density at radius 1 is 1.14 bits per heavy atom. The molecule has 0 fully saturated rings. The van der Waals surface area contributed by atoms with E-state index in [9.17, 15) is 8.78 Å². The summed E-state index contributed by atoms with van der Waals surface area (Å²) >= 11 is 0. The first-order chi connectivity index (χ1) is 6.70. The van der Waals surface area contributed by atoms with E-state index in [0.717, 1.165) is 0 Å². The molecule has 0 N–H and O–H groups in total. The van der Waals surface area contributed by atoms with Crippen LogP contribution in [-0.2, 0) is 11.2 Å². The van der Waals surface area contributed by atoms with Gasteiger partial charge in [-0.05, 0) is 18.1 Å². The van der Waals surface area contributed by atoms with E-state index in [-0.39, 0.29) is 5.75 Å². The number of hydrogen-bond acceptors (Lipinski definition) is 2. The predicted octanol–water partition coefficient (Wildman–Crippen LogP) is 2.16. The molecule has 0 aromatic heterocycles. The number of benzene rings is 1. The smallest absolute Gasteiger partial charge is 0.200 e. The maximum atomic E-state index is 13.3. The van der Waals surface area contributed by atoms with Gasteiger partial charge in [-0.2, -0.15) is 4.39 Å². The van der Waals surface area contributed by atoms with E-state index in [1.54, 1.807) is 0 Å². The first-order valence-electron chi connectivity index (χ1n) is 4.20. The van der Waals surface area contributed by atoms with Gasteiger partial charge in [-0.3, -0.25) is 0 Å². The summed E-state index contributed by atoms with van der Waals surface area (Å²) in [6, 6.07) is 2.90. The van der Waals surface area contributed by atoms with Crippen molar-refractivity contribution in [1.82, 2.24) is 0 Å². The highest BCUT2D eigenvalue weighted by Gasteiger charge is 2.13.